The number of benzene rings is 1. The third-order valence-corrected chi connectivity index (χ3v) is 5.59. The second-order valence-corrected chi connectivity index (χ2v) is 7.81. The maximum atomic E-state index is 12.1. The van der Waals surface area contributed by atoms with Crippen LogP contribution in [0.1, 0.15) is 34.5 Å². The number of carbonyl (C=O) groups excluding carboxylic acids is 2. The average Bonchev–Trinajstić information content (AvgIpc) is 2.42. The minimum absolute atomic E-state index is 0.161. The summed E-state index contributed by atoms with van der Waals surface area (Å²) in [6.45, 7) is 1.54. The van der Waals surface area contributed by atoms with Crippen LogP contribution in [0.4, 0.5) is 0 Å². The number of imide groups is 1. The lowest BCUT2D eigenvalue weighted by molar-refractivity contribution is -0.127. The first-order valence-electron chi connectivity index (χ1n) is 6.51. The van der Waals surface area contributed by atoms with E-state index in [2.05, 4.69) is 0 Å². The van der Waals surface area contributed by atoms with Crippen LogP contribution in [0, 0.1) is 0 Å². The van der Waals surface area contributed by atoms with Gasteiger partial charge in [-0.25, -0.2) is 8.42 Å². The first kappa shape index (κ1) is 15.7. The molecule has 0 bridgehead atoms. The van der Waals surface area contributed by atoms with Gasteiger partial charge in [0, 0.05) is 24.9 Å². The Morgan fingerprint density at radius 2 is 1.90 bits per heavy atom. The molecule has 1 aromatic carbocycles. The fraction of sp³-hybridized carbons (Fsp3) is 0.429. The zero-order valence-electron chi connectivity index (χ0n) is 12.2. The number of rotatable bonds is 3. The van der Waals surface area contributed by atoms with E-state index in [1.807, 2.05) is 0 Å². The lowest BCUT2D eigenvalue weighted by Gasteiger charge is -2.25. The summed E-state index contributed by atoms with van der Waals surface area (Å²) >= 11 is 0. The summed E-state index contributed by atoms with van der Waals surface area (Å²) < 4.78 is 23.2. The van der Waals surface area contributed by atoms with Gasteiger partial charge in [-0.1, -0.05) is 12.1 Å². The van der Waals surface area contributed by atoms with Gasteiger partial charge in [0.15, 0.2) is 9.84 Å². The molecule has 1 aromatic rings. The zero-order valence-corrected chi connectivity index (χ0v) is 13.0. The largest absolute Gasteiger partial charge is 0.323 e. The molecule has 2 rings (SSSR count). The van der Waals surface area contributed by atoms with Crippen molar-refractivity contribution in [1.29, 1.82) is 0 Å². The van der Waals surface area contributed by atoms with Gasteiger partial charge >= 0.3 is 0 Å². The molecule has 0 saturated carbocycles. The molecular formula is C14H18N2O4S. The Hall–Kier alpha value is -1.73. The summed E-state index contributed by atoms with van der Waals surface area (Å²) in [7, 11) is -1.85. The third kappa shape index (κ3) is 2.84. The molecule has 2 amide bonds. The second-order valence-electron chi connectivity index (χ2n) is 5.41. The molecule has 1 aliphatic rings. The molecule has 114 valence electrons. The molecule has 2 N–H and O–H groups in total. The van der Waals surface area contributed by atoms with Crippen LogP contribution < -0.4 is 5.73 Å². The van der Waals surface area contributed by atoms with Crippen LogP contribution in [0.5, 0.6) is 0 Å². The summed E-state index contributed by atoms with van der Waals surface area (Å²) in [6, 6.07) is 4.22. The number of likely N-dealkylation sites (N-methyl/N-ethyl adjacent to an activating group) is 1. The topological polar surface area (TPSA) is 97.5 Å². The predicted molar refractivity (Wildman–Crippen MR) is 78.5 cm³/mol. The van der Waals surface area contributed by atoms with Gasteiger partial charge in [-0.3, -0.25) is 14.5 Å². The van der Waals surface area contributed by atoms with Crippen LogP contribution in [-0.4, -0.2) is 43.7 Å². The van der Waals surface area contributed by atoms with E-state index in [0.717, 1.165) is 11.2 Å². The highest BCUT2D eigenvalue weighted by Crippen LogP contribution is 2.25. The van der Waals surface area contributed by atoms with Gasteiger partial charge < -0.3 is 5.73 Å². The minimum atomic E-state index is -3.28. The van der Waals surface area contributed by atoms with E-state index >= 15 is 0 Å². The molecule has 21 heavy (non-hydrogen) atoms. The number of hydrogen-bond donors (Lipinski definition) is 1. The molecule has 0 saturated heterocycles. The van der Waals surface area contributed by atoms with Crippen LogP contribution in [-0.2, 0) is 21.1 Å². The number of sulfone groups is 1. The molecule has 7 heteroatoms. The maximum Gasteiger partial charge on any atom is 0.260 e. The minimum Gasteiger partial charge on any atom is -0.323 e. The summed E-state index contributed by atoms with van der Waals surface area (Å²) in [5, 5.41) is -0.756. The molecule has 0 fully saturated rings. The summed E-state index contributed by atoms with van der Waals surface area (Å²) in [5.41, 5.74) is 7.62. The molecule has 0 aliphatic carbocycles. The van der Waals surface area contributed by atoms with Gasteiger partial charge in [0.1, 0.15) is 0 Å². The highest BCUT2D eigenvalue weighted by atomic mass is 32.2. The van der Waals surface area contributed by atoms with Crippen molar-refractivity contribution in [2.24, 2.45) is 5.73 Å². The molecular weight excluding hydrogens is 292 g/mol. The highest BCUT2D eigenvalue weighted by Gasteiger charge is 2.30. The monoisotopic (exact) mass is 310 g/mol. The molecule has 2 atom stereocenters. The lowest BCUT2D eigenvalue weighted by Crippen LogP contribution is -2.39. The number of nitrogens with two attached hydrogens (primary N) is 1. The molecule has 0 aromatic heterocycles. The Bertz CT molecular complexity index is 712. The third-order valence-electron chi connectivity index (χ3n) is 3.95. The van der Waals surface area contributed by atoms with Crippen molar-refractivity contribution in [3.05, 3.63) is 34.9 Å². The predicted octanol–water partition coefficient (Wildman–Crippen LogP) is 0.274. The van der Waals surface area contributed by atoms with Gasteiger partial charge in [-0.05, 0) is 24.1 Å². The molecule has 0 radical (unpaired) electrons. The zero-order chi connectivity index (χ0) is 15.9. The van der Waals surface area contributed by atoms with E-state index in [1.165, 1.54) is 14.0 Å². The normalized spacial score (nSPS) is 18.4. The van der Waals surface area contributed by atoms with E-state index in [1.54, 1.807) is 18.2 Å². The summed E-state index contributed by atoms with van der Waals surface area (Å²) in [5.74, 6) is -0.642. The average molecular weight is 310 g/mol. The van der Waals surface area contributed by atoms with E-state index in [9.17, 15) is 18.0 Å². The van der Waals surface area contributed by atoms with Gasteiger partial charge in [0.05, 0.1) is 11.7 Å². The second kappa shape index (κ2) is 5.23. The highest BCUT2D eigenvalue weighted by molar-refractivity contribution is 7.91. The van der Waals surface area contributed by atoms with Crippen LogP contribution in [0.2, 0.25) is 0 Å². The Balaban J connectivity index is 2.42. The van der Waals surface area contributed by atoms with E-state index in [0.29, 0.717) is 16.7 Å². The number of carbonyl (C=O) groups is 2. The first-order valence-corrected chi connectivity index (χ1v) is 8.46. The fourth-order valence-electron chi connectivity index (χ4n) is 2.27. The number of fused-ring (bicyclic) bond motifs is 1. The summed E-state index contributed by atoms with van der Waals surface area (Å²) in [4.78, 5) is 24.8. The van der Waals surface area contributed by atoms with Gasteiger partial charge in [0.2, 0.25) is 5.91 Å². The Labute approximate surface area is 123 Å². The van der Waals surface area contributed by atoms with Crippen LogP contribution in [0.3, 0.4) is 0 Å². The van der Waals surface area contributed by atoms with Crippen molar-refractivity contribution in [2.45, 2.75) is 24.6 Å². The van der Waals surface area contributed by atoms with Crippen molar-refractivity contribution in [3.8, 4) is 0 Å². The smallest absolute Gasteiger partial charge is 0.260 e. The van der Waals surface area contributed by atoms with E-state index in [4.69, 9.17) is 5.73 Å². The Morgan fingerprint density at radius 1 is 1.29 bits per heavy atom. The first-order chi connectivity index (χ1) is 9.62. The van der Waals surface area contributed by atoms with Crippen LogP contribution >= 0.6 is 0 Å². The number of amides is 2. The van der Waals surface area contributed by atoms with Gasteiger partial charge in [-0.15, -0.1) is 0 Å². The van der Waals surface area contributed by atoms with E-state index < -0.39 is 21.1 Å². The Kier molecular flexibility index (Phi) is 3.90. The molecule has 6 nitrogen and oxygen atoms in total. The molecule has 1 heterocycles. The summed E-state index contributed by atoms with van der Waals surface area (Å²) in [6.07, 6.45) is 1.29. The maximum absolute atomic E-state index is 12.1. The molecule has 0 spiro atoms. The van der Waals surface area contributed by atoms with Crippen molar-refractivity contribution in [2.75, 3.05) is 13.3 Å². The quantitative estimate of drug-likeness (QED) is 0.808. The van der Waals surface area contributed by atoms with Crippen molar-refractivity contribution < 1.29 is 18.0 Å². The number of nitrogens with zero attached hydrogens (tertiary/aromatic N) is 1. The van der Waals surface area contributed by atoms with Crippen LogP contribution in [0.25, 0.3) is 0 Å². The van der Waals surface area contributed by atoms with Crippen molar-refractivity contribution in [3.63, 3.8) is 0 Å². The van der Waals surface area contributed by atoms with Gasteiger partial charge in [-0.2, -0.15) is 0 Å². The SMILES string of the molecule is CC(C(N)c1ccc2c(c1)C(=O)N(C)C(=O)C2)S(C)(=O)=O. The number of hydrogen-bond acceptors (Lipinski definition) is 5. The Morgan fingerprint density at radius 3 is 2.48 bits per heavy atom. The standard InChI is InChI=1S/C14H18N2O4S/c1-8(21(3,19)20)13(15)10-5-4-9-7-12(17)16(2)14(18)11(9)6-10/h4-6,8,13H,7,15H2,1-3H3. The molecule has 2 unspecified atom stereocenters. The lowest BCUT2D eigenvalue weighted by atomic mass is 9.93. The van der Waals surface area contributed by atoms with E-state index in [-0.39, 0.29) is 18.2 Å². The van der Waals surface area contributed by atoms with Crippen molar-refractivity contribution in [1.82, 2.24) is 4.90 Å². The molecule has 1 aliphatic heterocycles. The van der Waals surface area contributed by atoms with Crippen molar-refractivity contribution >= 4 is 21.7 Å². The van der Waals surface area contributed by atoms with Crippen LogP contribution in [0.15, 0.2) is 18.2 Å². The van der Waals surface area contributed by atoms with Gasteiger partial charge in [0.25, 0.3) is 5.91 Å². The fourth-order valence-corrected chi connectivity index (χ4v) is 2.96.